The molecule has 1 unspecified atom stereocenters. The first kappa shape index (κ1) is 23.7. The van der Waals surface area contributed by atoms with E-state index in [1.54, 1.807) is 52.4 Å². The second-order valence-corrected chi connectivity index (χ2v) is 7.90. The number of thioether (sulfide) groups is 1. The largest absolute Gasteiger partial charge is 0.493 e. The Bertz CT molecular complexity index is 863. The second-order valence-electron chi connectivity index (χ2n) is 6.59. The van der Waals surface area contributed by atoms with Crippen molar-refractivity contribution in [2.24, 2.45) is 0 Å². The van der Waals surface area contributed by atoms with Crippen molar-refractivity contribution in [1.29, 1.82) is 0 Å². The van der Waals surface area contributed by atoms with E-state index in [9.17, 15) is 4.79 Å². The number of methoxy groups -OCH3 is 4. The molecule has 0 amide bonds. The number of hydrogen-bond donors (Lipinski definition) is 0. The Morgan fingerprint density at radius 3 is 2.10 bits per heavy atom. The fourth-order valence-electron chi connectivity index (χ4n) is 2.98. The number of hydrogen-bond acceptors (Lipinski definition) is 6. The molecular formula is C24H30O5S. The Balaban J connectivity index is 2.16. The van der Waals surface area contributed by atoms with Crippen molar-refractivity contribution in [1.82, 2.24) is 0 Å². The van der Waals surface area contributed by atoms with Gasteiger partial charge in [0.2, 0.25) is 0 Å². The predicted octanol–water partition coefficient (Wildman–Crippen LogP) is 5.58. The van der Waals surface area contributed by atoms with Gasteiger partial charge in [0.1, 0.15) is 0 Å². The fourth-order valence-corrected chi connectivity index (χ4v) is 4.12. The lowest BCUT2D eigenvalue weighted by Gasteiger charge is -2.17. The molecule has 0 aliphatic rings. The molecule has 0 fully saturated rings. The molecule has 0 spiro atoms. The van der Waals surface area contributed by atoms with E-state index >= 15 is 0 Å². The standard InChI is InChI=1S/C24H30O5S/c1-6-13-30-24(18-9-12-21(27-3)23(15-18)29-5)16-19(25)10-7-17-8-11-20(26-2)22(14-17)28-4/h7-12,14-15,24H,6,13,16H2,1-5H3/b10-7+. The quantitative estimate of drug-likeness (QED) is 0.410. The zero-order valence-electron chi connectivity index (χ0n) is 18.3. The van der Waals surface area contributed by atoms with Crippen LogP contribution < -0.4 is 18.9 Å². The van der Waals surface area contributed by atoms with Crippen molar-refractivity contribution >= 4 is 23.6 Å². The second kappa shape index (κ2) is 12.2. The number of ether oxygens (including phenoxy) is 4. The van der Waals surface area contributed by atoms with Gasteiger partial charge in [0, 0.05) is 11.7 Å². The highest BCUT2D eigenvalue weighted by Gasteiger charge is 2.17. The van der Waals surface area contributed by atoms with Crippen molar-refractivity contribution in [2.45, 2.75) is 25.0 Å². The van der Waals surface area contributed by atoms with Gasteiger partial charge in [-0.3, -0.25) is 4.79 Å². The molecule has 0 heterocycles. The Morgan fingerprint density at radius 2 is 1.50 bits per heavy atom. The number of carbonyl (C=O) groups excluding carboxylic acids is 1. The van der Waals surface area contributed by atoms with Crippen LogP contribution in [0.1, 0.15) is 36.1 Å². The van der Waals surface area contributed by atoms with E-state index < -0.39 is 0 Å². The topological polar surface area (TPSA) is 54.0 Å². The molecule has 6 heteroatoms. The molecule has 0 aromatic heterocycles. The van der Waals surface area contributed by atoms with Crippen LogP contribution in [-0.4, -0.2) is 40.0 Å². The third kappa shape index (κ3) is 6.46. The maximum atomic E-state index is 12.7. The molecule has 2 aromatic carbocycles. The Hall–Kier alpha value is -2.60. The molecule has 5 nitrogen and oxygen atoms in total. The average molecular weight is 431 g/mol. The molecule has 0 bridgehead atoms. The third-order valence-corrected chi connectivity index (χ3v) is 6.04. The number of allylic oxidation sites excluding steroid dienone is 1. The summed E-state index contributed by atoms with van der Waals surface area (Å²) in [4.78, 5) is 12.7. The SMILES string of the molecule is CCCSC(CC(=O)/C=C/c1ccc(OC)c(OC)c1)c1ccc(OC)c(OC)c1. The van der Waals surface area contributed by atoms with Crippen LogP contribution in [0.4, 0.5) is 0 Å². The molecule has 2 aromatic rings. The molecule has 0 aliphatic heterocycles. The Morgan fingerprint density at radius 1 is 0.900 bits per heavy atom. The minimum absolute atomic E-state index is 0.0484. The van der Waals surface area contributed by atoms with E-state index in [1.807, 2.05) is 36.4 Å². The number of ketones is 1. The summed E-state index contributed by atoms with van der Waals surface area (Å²) >= 11 is 1.78. The third-order valence-electron chi connectivity index (χ3n) is 4.56. The molecular weight excluding hydrogens is 400 g/mol. The van der Waals surface area contributed by atoms with Gasteiger partial charge in [-0.15, -0.1) is 0 Å². The van der Waals surface area contributed by atoms with Crippen molar-refractivity contribution in [3.63, 3.8) is 0 Å². The Kier molecular flexibility index (Phi) is 9.61. The first-order valence-electron chi connectivity index (χ1n) is 9.82. The van der Waals surface area contributed by atoms with Crippen molar-refractivity contribution in [3.05, 3.63) is 53.6 Å². The molecule has 1 atom stereocenters. The van der Waals surface area contributed by atoms with Gasteiger partial charge in [0.25, 0.3) is 0 Å². The van der Waals surface area contributed by atoms with Crippen LogP contribution in [-0.2, 0) is 4.79 Å². The molecule has 0 N–H and O–H groups in total. The summed E-state index contributed by atoms with van der Waals surface area (Å²) in [6.07, 6.45) is 4.88. The van der Waals surface area contributed by atoms with Crippen LogP contribution in [0.15, 0.2) is 42.5 Å². The van der Waals surface area contributed by atoms with Gasteiger partial charge in [0.05, 0.1) is 28.4 Å². The van der Waals surface area contributed by atoms with Gasteiger partial charge in [-0.1, -0.05) is 25.1 Å². The zero-order chi connectivity index (χ0) is 21.9. The van der Waals surface area contributed by atoms with E-state index in [4.69, 9.17) is 18.9 Å². The highest BCUT2D eigenvalue weighted by molar-refractivity contribution is 7.99. The maximum Gasteiger partial charge on any atom is 0.161 e. The van der Waals surface area contributed by atoms with E-state index in [0.717, 1.165) is 23.3 Å². The van der Waals surface area contributed by atoms with Gasteiger partial charge in [-0.05, 0) is 53.6 Å². The lowest BCUT2D eigenvalue weighted by atomic mass is 10.1. The van der Waals surface area contributed by atoms with E-state index in [2.05, 4.69) is 6.92 Å². The molecule has 0 saturated carbocycles. The molecule has 2 rings (SSSR count). The number of benzene rings is 2. The van der Waals surface area contributed by atoms with Gasteiger partial charge in [0.15, 0.2) is 28.8 Å². The fraction of sp³-hybridized carbons (Fsp3) is 0.375. The summed E-state index contributed by atoms with van der Waals surface area (Å²) < 4.78 is 21.3. The minimum Gasteiger partial charge on any atom is -0.493 e. The van der Waals surface area contributed by atoms with Crippen molar-refractivity contribution in [2.75, 3.05) is 34.2 Å². The zero-order valence-corrected chi connectivity index (χ0v) is 19.1. The van der Waals surface area contributed by atoms with E-state index in [1.165, 1.54) is 0 Å². The maximum absolute atomic E-state index is 12.7. The van der Waals surface area contributed by atoms with Gasteiger partial charge < -0.3 is 18.9 Å². The van der Waals surface area contributed by atoms with Crippen LogP contribution >= 0.6 is 11.8 Å². The lowest BCUT2D eigenvalue weighted by Crippen LogP contribution is -2.04. The highest BCUT2D eigenvalue weighted by Crippen LogP contribution is 2.38. The minimum atomic E-state index is 0.0484. The normalized spacial score (nSPS) is 11.9. The number of rotatable bonds is 12. The van der Waals surface area contributed by atoms with Crippen LogP contribution in [0.3, 0.4) is 0 Å². The van der Waals surface area contributed by atoms with Gasteiger partial charge in [-0.2, -0.15) is 11.8 Å². The van der Waals surface area contributed by atoms with E-state index in [0.29, 0.717) is 29.4 Å². The van der Waals surface area contributed by atoms with Gasteiger partial charge >= 0.3 is 0 Å². The van der Waals surface area contributed by atoms with E-state index in [-0.39, 0.29) is 11.0 Å². The monoisotopic (exact) mass is 430 g/mol. The van der Waals surface area contributed by atoms with Crippen molar-refractivity contribution < 1.29 is 23.7 Å². The molecule has 30 heavy (non-hydrogen) atoms. The average Bonchev–Trinajstić information content (AvgIpc) is 2.79. The molecule has 0 aliphatic carbocycles. The summed E-state index contributed by atoms with van der Waals surface area (Å²) in [5, 5.41) is 0.0484. The van der Waals surface area contributed by atoms with Gasteiger partial charge in [-0.25, -0.2) is 0 Å². The summed E-state index contributed by atoms with van der Waals surface area (Å²) in [5.74, 6) is 3.68. The van der Waals surface area contributed by atoms with Crippen LogP contribution in [0, 0.1) is 0 Å². The summed E-state index contributed by atoms with van der Waals surface area (Å²) in [6.45, 7) is 2.14. The smallest absolute Gasteiger partial charge is 0.161 e. The molecule has 0 saturated heterocycles. The summed E-state index contributed by atoms with van der Waals surface area (Å²) in [7, 11) is 6.42. The van der Waals surface area contributed by atoms with Crippen LogP contribution in [0.25, 0.3) is 6.08 Å². The predicted molar refractivity (Wildman–Crippen MR) is 123 cm³/mol. The molecule has 162 valence electrons. The highest BCUT2D eigenvalue weighted by atomic mass is 32.2. The first-order chi connectivity index (χ1) is 14.6. The van der Waals surface area contributed by atoms with Crippen LogP contribution in [0.5, 0.6) is 23.0 Å². The summed E-state index contributed by atoms with van der Waals surface area (Å²) in [6, 6.07) is 11.4. The lowest BCUT2D eigenvalue weighted by molar-refractivity contribution is -0.114. The first-order valence-corrected chi connectivity index (χ1v) is 10.9. The summed E-state index contributed by atoms with van der Waals surface area (Å²) in [5.41, 5.74) is 1.93. The van der Waals surface area contributed by atoms with Crippen LogP contribution in [0.2, 0.25) is 0 Å². The Labute approximate surface area is 183 Å². The molecule has 0 radical (unpaired) electrons. The van der Waals surface area contributed by atoms with Crippen molar-refractivity contribution in [3.8, 4) is 23.0 Å². The number of carbonyl (C=O) groups is 1.